The fourth-order valence-electron chi connectivity index (χ4n) is 2.56. The number of carbonyl (C=O) groups excluding carboxylic acids is 2. The number of nitrogens with one attached hydrogen (secondary N) is 3. The van der Waals surface area contributed by atoms with Crippen molar-refractivity contribution in [1.82, 2.24) is 15.5 Å². The summed E-state index contributed by atoms with van der Waals surface area (Å²) in [5, 5.41) is 8.83. The third-order valence-electron chi connectivity index (χ3n) is 4.27. The Balaban J connectivity index is 2.41. The molecule has 6 nitrogen and oxygen atoms in total. The summed E-state index contributed by atoms with van der Waals surface area (Å²) in [5.41, 5.74) is 1.32. The first-order chi connectivity index (χ1) is 13.0. The predicted octanol–water partition coefficient (Wildman–Crippen LogP) is 3.15. The van der Waals surface area contributed by atoms with Crippen LogP contribution in [-0.4, -0.2) is 48.0 Å². The van der Waals surface area contributed by atoms with Gasteiger partial charge in [-0.25, -0.2) is 0 Å². The van der Waals surface area contributed by atoms with Gasteiger partial charge in [0.1, 0.15) is 0 Å². The Bertz CT molecular complexity index is 601. The fraction of sp³-hybridized carbons (Fsp3) is 0.550. The molecular weight excluding hydrogens is 360 g/mol. The third kappa shape index (κ3) is 9.49. The highest BCUT2D eigenvalue weighted by Crippen LogP contribution is 2.09. The maximum absolute atomic E-state index is 12.2. The van der Waals surface area contributed by atoms with Crippen molar-refractivity contribution >= 4 is 34.8 Å². The highest BCUT2D eigenvalue weighted by Gasteiger charge is 2.08. The summed E-state index contributed by atoms with van der Waals surface area (Å²) in [4.78, 5) is 26.2. The maximum atomic E-state index is 12.2. The lowest BCUT2D eigenvalue weighted by Crippen LogP contribution is -2.35. The first-order valence-corrected chi connectivity index (χ1v) is 10.1. The zero-order valence-corrected chi connectivity index (χ0v) is 17.5. The van der Waals surface area contributed by atoms with Crippen molar-refractivity contribution in [2.24, 2.45) is 0 Å². The van der Waals surface area contributed by atoms with E-state index in [2.05, 4.69) is 41.6 Å². The van der Waals surface area contributed by atoms with Crippen molar-refractivity contribution in [2.45, 2.75) is 46.5 Å². The molecule has 0 spiro atoms. The van der Waals surface area contributed by atoms with Crippen LogP contribution in [0.5, 0.6) is 0 Å². The van der Waals surface area contributed by atoms with Gasteiger partial charge in [-0.3, -0.25) is 9.59 Å². The summed E-state index contributed by atoms with van der Waals surface area (Å²) in [6.45, 7) is 9.71. The second-order valence-corrected chi connectivity index (χ2v) is 6.73. The minimum absolute atomic E-state index is 0.0786. The van der Waals surface area contributed by atoms with Crippen molar-refractivity contribution in [2.75, 3.05) is 31.5 Å². The molecule has 0 aliphatic rings. The average Bonchev–Trinajstić information content (AvgIpc) is 2.65. The molecule has 0 aliphatic carbocycles. The Hall–Kier alpha value is -1.99. The van der Waals surface area contributed by atoms with Crippen molar-refractivity contribution in [1.29, 1.82) is 0 Å². The van der Waals surface area contributed by atoms with E-state index in [1.807, 2.05) is 0 Å². The molecule has 1 rings (SSSR count). The molecule has 0 saturated carbocycles. The van der Waals surface area contributed by atoms with Gasteiger partial charge in [-0.15, -0.1) is 0 Å². The first kappa shape index (κ1) is 23.0. The lowest BCUT2D eigenvalue weighted by atomic mass is 10.2. The molecule has 0 heterocycles. The third-order valence-corrected chi connectivity index (χ3v) is 4.48. The minimum Gasteiger partial charge on any atom is -0.351 e. The Labute approximate surface area is 168 Å². The summed E-state index contributed by atoms with van der Waals surface area (Å²) in [6.07, 6.45) is 3.45. The number of benzene rings is 1. The smallest absolute Gasteiger partial charge is 0.251 e. The van der Waals surface area contributed by atoms with Gasteiger partial charge in [0, 0.05) is 30.8 Å². The van der Waals surface area contributed by atoms with Gasteiger partial charge >= 0.3 is 0 Å². The van der Waals surface area contributed by atoms with Gasteiger partial charge in [0.15, 0.2) is 5.11 Å². The van der Waals surface area contributed by atoms with Crippen LogP contribution in [0, 0.1) is 0 Å². The van der Waals surface area contributed by atoms with Crippen LogP contribution in [0.1, 0.15) is 56.8 Å². The van der Waals surface area contributed by atoms with E-state index >= 15 is 0 Å². The molecule has 1 aromatic rings. The number of amides is 2. The number of hydrogen-bond acceptors (Lipinski definition) is 4. The van der Waals surface area contributed by atoms with Gasteiger partial charge in [-0.05, 0) is 56.0 Å². The number of likely N-dealkylation sites (N-methyl/N-ethyl adjacent to an activating group) is 1. The normalized spacial score (nSPS) is 10.5. The quantitative estimate of drug-likeness (QED) is 0.398. The second-order valence-electron chi connectivity index (χ2n) is 6.32. The van der Waals surface area contributed by atoms with Crippen molar-refractivity contribution in [3.05, 3.63) is 29.8 Å². The van der Waals surface area contributed by atoms with Crippen LogP contribution >= 0.6 is 12.2 Å². The molecule has 0 radical (unpaired) electrons. The molecule has 7 heteroatoms. The van der Waals surface area contributed by atoms with E-state index < -0.39 is 0 Å². The second kappa shape index (κ2) is 13.2. The fourth-order valence-corrected chi connectivity index (χ4v) is 2.79. The molecule has 150 valence electrons. The molecule has 0 aliphatic heterocycles. The van der Waals surface area contributed by atoms with Gasteiger partial charge in [0.2, 0.25) is 5.91 Å². The van der Waals surface area contributed by atoms with E-state index in [9.17, 15) is 9.59 Å². The summed E-state index contributed by atoms with van der Waals surface area (Å²) < 4.78 is 0. The van der Waals surface area contributed by atoms with Crippen molar-refractivity contribution < 1.29 is 9.59 Å². The Morgan fingerprint density at radius 1 is 1.04 bits per heavy atom. The van der Waals surface area contributed by atoms with Gasteiger partial charge in [0.05, 0.1) is 0 Å². The van der Waals surface area contributed by atoms with Crippen molar-refractivity contribution in [3.8, 4) is 0 Å². The molecule has 1 aromatic carbocycles. The van der Waals surface area contributed by atoms with E-state index in [1.54, 1.807) is 24.3 Å². The van der Waals surface area contributed by atoms with Gasteiger partial charge in [0.25, 0.3) is 5.91 Å². The topological polar surface area (TPSA) is 73.5 Å². The van der Waals surface area contributed by atoms with Gasteiger partial charge in [-0.1, -0.05) is 33.6 Å². The molecule has 0 fully saturated rings. The van der Waals surface area contributed by atoms with E-state index in [4.69, 9.17) is 12.2 Å². The molecule has 27 heavy (non-hydrogen) atoms. The molecular formula is C20H32N4O2S. The van der Waals surface area contributed by atoms with Crippen LogP contribution < -0.4 is 16.0 Å². The van der Waals surface area contributed by atoms with Crippen LogP contribution in [0.15, 0.2) is 24.3 Å². The summed E-state index contributed by atoms with van der Waals surface area (Å²) in [5.74, 6) is -0.175. The number of unbranched alkanes of at least 4 members (excludes halogenated alkanes) is 2. The number of nitrogens with zero attached hydrogens (tertiary/aromatic N) is 1. The van der Waals surface area contributed by atoms with Crippen LogP contribution in [-0.2, 0) is 4.79 Å². The number of thiocarbonyl (C=S) groups is 1. The zero-order chi connectivity index (χ0) is 20.1. The van der Waals surface area contributed by atoms with Gasteiger partial charge < -0.3 is 20.9 Å². The largest absolute Gasteiger partial charge is 0.351 e. The molecule has 0 bridgehead atoms. The van der Waals surface area contributed by atoms with Gasteiger partial charge in [-0.2, -0.15) is 0 Å². The molecule has 0 saturated heterocycles. The number of carbonyl (C=O) groups is 2. The molecule has 2 amide bonds. The average molecular weight is 393 g/mol. The van der Waals surface area contributed by atoms with Crippen molar-refractivity contribution in [3.63, 3.8) is 0 Å². The SMILES string of the molecule is CCCCCC(=O)NC(=S)Nc1ccc(C(=O)NCCN(CC)CC)cc1. The van der Waals surface area contributed by atoms with E-state index in [0.717, 1.165) is 44.6 Å². The Morgan fingerprint density at radius 2 is 1.70 bits per heavy atom. The number of hydrogen-bond donors (Lipinski definition) is 3. The summed E-state index contributed by atoms with van der Waals surface area (Å²) in [7, 11) is 0. The molecule has 0 unspecified atom stereocenters. The lowest BCUT2D eigenvalue weighted by molar-refractivity contribution is -0.119. The molecule has 0 aromatic heterocycles. The van der Waals surface area contributed by atoms with E-state index in [-0.39, 0.29) is 16.9 Å². The zero-order valence-electron chi connectivity index (χ0n) is 16.6. The van der Waals surface area contributed by atoms with E-state index in [0.29, 0.717) is 18.5 Å². The minimum atomic E-state index is -0.0968. The summed E-state index contributed by atoms with van der Waals surface area (Å²) in [6, 6.07) is 7.02. The standard InChI is InChI=1S/C20H32N4O2S/c1-4-7-8-9-18(25)23-20(27)22-17-12-10-16(11-13-17)19(26)21-14-15-24(5-2)6-3/h10-13H,4-9,14-15H2,1-3H3,(H,21,26)(H2,22,23,25,27). The number of anilines is 1. The van der Waals surface area contributed by atoms with Crippen LogP contribution in [0.25, 0.3) is 0 Å². The first-order valence-electron chi connectivity index (χ1n) is 9.71. The van der Waals surface area contributed by atoms with Crippen LogP contribution in [0.2, 0.25) is 0 Å². The lowest BCUT2D eigenvalue weighted by Gasteiger charge is -2.18. The summed E-state index contributed by atoms with van der Waals surface area (Å²) >= 11 is 5.15. The Kier molecular flexibility index (Phi) is 11.3. The predicted molar refractivity (Wildman–Crippen MR) is 115 cm³/mol. The maximum Gasteiger partial charge on any atom is 0.251 e. The van der Waals surface area contributed by atoms with Crippen LogP contribution in [0.3, 0.4) is 0 Å². The highest BCUT2D eigenvalue weighted by molar-refractivity contribution is 7.80. The highest BCUT2D eigenvalue weighted by atomic mass is 32.1. The van der Waals surface area contributed by atoms with E-state index in [1.165, 1.54) is 0 Å². The number of rotatable bonds is 11. The molecule has 0 atom stereocenters. The van der Waals surface area contributed by atoms with Crippen LogP contribution in [0.4, 0.5) is 5.69 Å². The monoisotopic (exact) mass is 392 g/mol. The molecule has 3 N–H and O–H groups in total. The Morgan fingerprint density at radius 3 is 2.30 bits per heavy atom.